The number of anilines is 1. The summed E-state index contributed by atoms with van der Waals surface area (Å²) in [5.41, 5.74) is 4.63. The van der Waals surface area contributed by atoms with Crippen molar-refractivity contribution >= 4 is 17.6 Å². The van der Waals surface area contributed by atoms with Gasteiger partial charge in [-0.2, -0.15) is 9.78 Å². The number of aryl methyl sites for hydroxylation is 1. The van der Waals surface area contributed by atoms with Crippen LogP contribution in [0.15, 0.2) is 48.5 Å². The molecule has 0 unspecified atom stereocenters. The highest BCUT2D eigenvalue weighted by molar-refractivity contribution is 5.91. The van der Waals surface area contributed by atoms with Crippen LogP contribution in [-0.4, -0.2) is 26.8 Å². The molecular weight excluding hydrogens is 416 g/mol. The summed E-state index contributed by atoms with van der Waals surface area (Å²) in [5, 5.41) is 20.9. The van der Waals surface area contributed by atoms with E-state index >= 15 is 0 Å². The molecule has 7 heteroatoms. The first kappa shape index (κ1) is 22.6. The lowest BCUT2D eigenvalue weighted by Crippen LogP contribution is -2.31. The predicted molar refractivity (Wildman–Crippen MR) is 128 cm³/mol. The standard InChI is InChI=1S/C26H30N4O3/c1-3-25(32)28-20-12-13-21(24(31)14-20)22-15-23(18-9-6-7-10-18)30(29-22)26(33)27-16-19-11-5-4-8-17(19)2/h4-5,8,11-15,18,31H,3,6-7,9-10,16H2,1-2H3,(H,27,33)(H,28,32). The first-order chi connectivity index (χ1) is 16.0. The maximum atomic E-state index is 13.1. The van der Waals surface area contributed by atoms with Crippen LogP contribution in [0, 0.1) is 6.92 Å². The molecule has 1 aromatic heterocycles. The second-order valence-corrected chi connectivity index (χ2v) is 8.57. The second kappa shape index (κ2) is 9.90. The summed E-state index contributed by atoms with van der Waals surface area (Å²) >= 11 is 0. The number of benzene rings is 2. The van der Waals surface area contributed by atoms with Gasteiger partial charge < -0.3 is 15.7 Å². The van der Waals surface area contributed by atoms with Gasteiger partial charge in [0.2, 0.25) is 5.91 Å². The summed E-state index contributed by atoms with van der Waals surface area (Å²) in [6, 6.07) is 14.5. The fourth-order valence-electron chi connectivity index (χ4n) is 4.33. The van der Waals surface area contributed by atoms with Crippen LogP contribution in [0.4, 0.5) is 10.5 Å². The van der Waals surface area contributed by atoms with E-state index in [1.165, 1.54) is 10.7 Å². The van der Waals surface area contributed by atoms with Gasteiger partial charge in [-0.25, -0.2) is 4.79 Å². The fourth-order valence-corrected chi connectivity index (χ4v) is 4.33. The molecule has 33 heavy (non-hydrogen) atoms. The lowest BCUT2D eigenvalue weighted by atomic mass is 10.0. The van der Waals surface area contributed by atoms with Gasteiger partial charge in [-0.05, 0) is 49.1 Å². The molecule has 3 N–H and O–H groups in total. The van der Waals surface area contributed by atoms with Crippen LogP contribution in [-0.2, 0) is 11.3 Å². The Hall–Kier alpha value is -3.61. The van der Waals surface area contributed by atoms with E-state index in [-0.39, 0.29) is 23.6 Å². The molecule has 2 amide bonds. The molecule has 3 aromatic rings. The van der Waals surface area contributed by atoms with E-state index in [2.05, 4.69) is 15.7 Å². The van der Waals surface area contributed by atoms with Crippen molar-refractivity contribution in [1.82, 2.24) is 15.1 Å². The van der Waals surface area contributed by atoms with Crippen LogP contribution in [0.3, 0.4) is 0 Å². The van der Waals surface area contributed by atoms with E-state index in [4.69, 9.17) is 0 Å². The lowest BCUT2D eigenvalue weighted by molar-refractivity contribution is -0.115. The van der Waals surface area contributed by atoms with Crippen LogP contribution in [0.5, 0.6) is 5.75 Å². The number of phenolic OH excluding ortho intramolecular Hbond substituents is 1. The lowest BCUT2D eigenvalue weighted by Gasteiger charge is -2.13. The van der Waals surface area contributed by atoms with Crippen molar-refractivity contribution in [2.24, 2.45) is 0 Å². The van der Waals surface area contributed by atoms with Crippen molar-refractivity contribution in [2.45, 2.75) is 58.4 Å². The second-order valence-electron chi connectivity index (χ2n) is 8.57. The zero-order valence-electron chi connectivity index (χ0n) is 19.1. The highest BCUT2D eigenvalue weighted by Gasteiger charge is 2.26. The fraction of sp³-hybridized carbons (Fsp3) is 0.346. The third kappa shape index (κ3) is 5.08. The maximum absolute atomic E-state index is 13.1. The number of amides is 2. The van der Waals surface area contributed by atoms with Gasteiger partial charge >= 0.3 is 6.03 Å². The first-order valence-electron chi connectivity index (χ1n) is 11.5. The third-order valence-electron chi connectivity index (χ3n) is 6.27. The Bertz CT molecular complexity index is 1160. The number of carbonyl (C=O) groups excluding carboxylic acids is 2. The zero-order valence-corrected chi connectivity index (χ0v) is 19.1. The molecule has 0 spiro atoms. The van der Waals surface area contributed by atoms with E-state index in [0.29, 0.717) is 29.9 Å². The van der Waals surface area contributed by atoms with Crippen LogP contribution >= 0.6 is 0 Å². The zero-order chi connectivity index (χ0) is 23.4. The van der Waals surface area contributed by atoms with Gasteiger partial charge in [-0.15, -0.1) is 0 Å². The van der Waals surface area contributed by atoms with Crippen LogP contribution in [0.25, 0.3) is 11.3 Å². The average Bonchev–Trinajstić information content (AvgIpc) is 3.48. The smallest absolute Gasteiger partial charge is 0.342 e. The summed E-state index contributed by atoms with van der Waals surface area (Å²) in [7, 11) is 0. The van der Waals surface area contributed by atoms with Crippen LogP contribution in [0.2, 0.25) is 0 Å². The van der Waals surface area contributed by atoms with Gasteiger partial charge in [0.15, 0.2) is 0 Å². The Kier molecular flexibility index (Phi) is 6.77. The number of nitrogens with zero attached hydrogens (tertiary/aromatic N) is 2. The number of carbonyl (C=O) groups is 2. The monoisotopic (exact) mass is 446 g/mol. The highest BCUT2D eigenvalue weighted by atomic mass is 16.3. The summed E-state index contributed by atoms with van der Waals surface area (Å²) < 4.78 is 1.45. The van der Waals surface area contributed by atoms with Crippen LogP contribution < -0.4 is 10.6 Å². The van der Waals surface area contributed by atoms with E-state index < -0.39 is 0 Å². The minimum absolute atomic E-state index is 0.00634. The Balaban J connectivity index is 1.61. The normalized spacial score (nSPS) is 13.8. The van der Waals surface area contributed by atoms with Gasteiger partial charge in [-0.1, -0.05) is 44.0 Å². The minimum Gasteiger partial charge on any atom is -0.507 e. The molecule has 2 aromatic carbocycles. The third-order valence-corrected chi connectivity index (χ3v) is 6.27. The minimum atomic E-state index is -0.280. The van der Waals surface area contributed by atoms with Crippen molar-refractivity contribution in [3.63, 3.8) is 0 Å². The number of phenols is 1. The molecule has 1 aliphatic carbocycles. The number of rotatable bonds is 6. The Morgan fingerprint density at radius 1 is 1.12 bits per heavy atom. The van der Waals surface area contributed by atoms with Gasteiger partial charge in [0.1, 0.15) is 5.75 Å². The van der Waals surface area contributed by atoms with Crippen molar-refractivity contribution in [3.8, 4) is 17.0 Å². The molecule has 0 bridgehead atoms. The largest absolute Gasteiger partial charge is 0.507 e. The molecule has 1 saturated carbocycles. The van der Waals surface area contributed by atoms with Crippen molar-refractivity contribution in [1.29, 1.82) is 0 Å². The van der Waals surface area contributed by atoms with Crippen molar-refractivity contribution in [2.75, 3.05) is 5.32 Å². The van der Waals surface area contributed by atoms with Gasteiger partial charge in [-0.3, -0.25) is 4.79 Å². The van der Waals surface area contributed by atoms with E-state index in [1.807, 2.05) is 37.3 Å². The quantitative estimate of drug-likeness (QED) is 0.477. The molecular formula is C26H30N4O3. The molecule has 0 atom stereocenters. The Morgan fingerprint density at radius 3 is 2.58 bits per heavy atom. The summed E-state index contributed by atoms with van der Waals surface area (Å²) in [6.07, 6.45) is 4.66. The van der Waals surface area contributed by atoms with E-state index in [1.54, 1.807) is 19.1 Å². The van der Waals surface area contributed by atoms with Crippen molar-refractivity contribution in [3.05, 3.63) is 65.4 Å². The van der Waals surface area contributed by atoms with Gasteiger partial charge in [0, 0.05) is 36.2 Å². The molecule has 1 fully saturated rings. The molecule has 7 nitrogen and oxygen atoms in total. The average molecular weight is 447 g/mol. The molecule has 1 heterocycles. The van der Waals surface area contributed by atoms with E-state index in [9.17, 15) is 14.7 Å². The molecule has 0 aliphatic heterocycles. The van der Waals surface area contributed by atoms with Gasteiger partial charge in [0.05, 0.1) is 11.4 Å². The van der Waals surface area contributed by atoms with E-state index in [0.717, 1.165) is 42.5 Å². The number of aromatic hydroxyl groups is 1. The number of hydrogen-bond donors (Lipinski definition) is 3. The molecule has 172 valence electrons. The summed E-state index contributed by atoms with van der Waals surface area (Å²) in [4.78, 5) is 24.8. The van der Waals surface area contributed by atoms with Gasteiger partial charge in [0.25, 0.3) is 0 Å². The molecule has 0 radical (unpaired) electrons. The molecule has 1 aliphatic rings. The molecule has 4 rings (SSSR count). The summed E-state index contributed by atoms with van der Waals surface area (Å²) in [6.45, 7) is 4.21. The first-order valence-corrected chi connectivity index (χ1v) is 11.5. The predicted octanol–water partition coefficient (Wildman–Crippen LogP) is 5.33. The molecule has 0 saturated heterocycles. The highest BCUT2D eigenvalue weighted by Crippen LogP contribution is 2.38. The number of nitrogens with one attached hydrogen (secondary N) is 2. The topological polar surface area (TPSA) is 96.3 Å². The summed E-state index contributed by atoms with van der Waals surface area (Å²) in [5.74, 6) is 0.146. The van der Waals surface area contributed by atoms with Crippen molar-refractivity contribution < 1.29 is 14.7 Å². The Morgan fingerprint density at radius 2 is 1.88 bits per heavy atom. The number of aromatic nitrogens is 2. The Labute approximate surface area is 193 Å². The van der Waals surface area contributed by atoms with Crippen LogP contribution in [0.1, 0.15) is 61.8 Å². The SMILES string of the molecule is CCC(=O)Nc1ccc(-c2cc(C3CCCC3)n(C(=O)NCc3ccccc3C)n2)c(O)c1. The number of hydrogen-bond acceptors (Lipinski definition) is 4. The maximum Gasteiger partial charge on any atom is 0.342 e.